The molecule has 0 saturated heterocycles. The maximum absolute atomic E-state index is 11.6. The second kappa shape index (κ2) is 4.64. The Kier molecular flexibility index (Phi) is 3.72. The summed E-state index contributed by atoms with van der Waals surface area (Å²) in [6.45, 7) is 4.69. The van der Waals surface area contributed by atoms with Crippen molar-refractivity contribution in [1.82, 2.24) is 5.32 Å². The van der Waals surface area contributed by atoms with Crippen molar-refractivity contribution in [2.24, 2.45) is 11.3 Å². The van der Waals surface area contributed by atoms with Gasteiger partial charge in [0.15, 0.2) is 0 Å². The molecule has 1 saturated carbocycles. The van der Waals surface area contributed by atoms with Crippen molar-refractivity contribution in [3.8, 4) is 0 Å². The highest BCUT2D eigenvalue weighted by molar-refractivity contribution is 5.82. The number of hydrogen-bond donors (Lipinski definition) is 2. The van der Waals surface area contributed by atoms with Crippen molar-refractivity contribution in [2.75, 3.05) is 6.54 Å². The van der Waals surface area contributed by atoms with Gasteiger partial charge in [-0.25, -0.2) is 0 Å². The summed E-state index contributed by atoms with van der Waals surface area (Å²) in [5, 5.41) is 11.2. The summed E-state index contributed by atoms with van der Waals surface area (Å²) >= 11 is 0. The average molecular weight is 213 g/mol. The van der Waals surface area contributed by atoms with Crippen LogP contribution in [0.15, 0.2) is 0 Å². The van der Waals surface area contributed by atoms with E-state index in [0.717, 1.165) is 12.8 Å². The maximum atomic E-state index is 11.6. The molecule has 2 atom stereocenters. The van der Waals surface area contributed by atoms with E-state index in [1.54, 1.807) is 0 Å². The summed E-state index contributed by atoms with van der Waals surface area (Å²) in [4.78, 5) is 21.8. The highest BCUT2D eigenvalue weighted by Gasteiger charge is 2.52. The van der Waals surface area contributed by atoms with Crippen molar-refractivity contribution in [2.45, 2.75) is 39.5 Å². The largest absolute Gasteiger partial charge is 0.481 e. The minimum absolute atomic E-state index is 0.0877. The van der Waals surface area contributed by atoms with Gasteiger partial charge in [-0.2, -0.15) is 0 Å². The van der Waals surface area contributed by atoms with Crippen molar-refractivity contribution < 1.29 is 14.7 Å². The summed E-state index contributed by atoms with van der Waals surface area (Å²) in [5.74, 6) is -0.578. The Hall–Kier alpha value is -1.06. The summed E-state index contributed by atoms with van der Waals surface area (Å²) in [5.41, 5.74) is 0.191. The van der Waals surface area contributed by atoms with E-state index < -0.39 is 5.97 Å². The zero-order valence-corrected chi connectivity index (χ0v) is 9.38. The van der Waals surface area contributed by atoms with Gasteiger partial charge in [-0.15, -0.1) is 0 Å². The maximum Gasteiger partial charge on any atom is 0.303 e. The molecule has 2 unspecified atom stereocenters. The Morgan fingerprint density at radius 3 is 2.67 bits per heavy atom. The molecule has 0 aromatic carbocycles. The molecule has 0 aliphatic heterocycles. The second-order valence-electron chi connectivity index (χ2n) is 4.55. The van der Waals surface area contributed by atoms with E-state index in [-0.39, 0.29) is 23.7 Å². The molecular formula is C11H19NO3. The molecule has 1 fully saturated rings. The van der Waals surface area contributed by atoms with Crippen LogP contribution in [-0.4, -0.2) is 23.5 Å². The molecule has 1 aliphatic rings. The number of aliphatic carboxylic acids is 1. The summed E-state index contributed by atoms with van der Waals surface area (Å²) in [6, 6.07) is 0. The van der Waals surface area contributed by atoms with Gasteiger partial charge in [-0.3, -0.25) is 9.59 Å². The van der Waals surface area contributed by atoms with Crippen LogP contribution in [0.1, 0.15) is 39.5 Å². The van der Waals surface area contributed by atoms with Gasteiger partial charge in [0.05, 0.1) is 0 Å². The van der Waals surface area contributed by atoms with Crippen LogP contribution in [0.3, 0.4) is 0 Å². The lowest BCUT2D eigenvalue weighted by Gasteiger charge is -2.07. The van der Waals surface area contributed by atoms with Crippen LogP contribution in [0, 0.1) is 11.3 Å². The second-order valence-corrected chi connectivity index (χ2v) is 4.55. The van der Waals surface area contributed by atoms with Gasteiger partial charge in [-0.05, 0) is 24.7 Å². The Labute approximate surface area is 90.0 Å². The highest BCUT2D eigenvalue weighted by atomic mass is 16.4. The lowest BCUT2D eigenvalue weighted by atomic mass is 10.0. The molecule has 4 heteroatoms. The number of carboxylic acid groups (broad SMARTS) is 1. The number of carboxylic acids is 1. The number of carbonyl (C=O) groups is 2. The molecule has 15 heavy (non-hydrogen) atoms. The fraction of sp³-hybridized carbons (Fsp3) is 0.818. The number of hydrogen-bond acceptors (Lipinski definition) is 2. The Morgan fingerprint density at radius 1 is 1.53 bits per heavy atom. The van der Waals surface area contributed by atoms with Crippen molar-refractivity contribution in [1.29, 1.82) is 0 Å². The van der Waals surface area contributed by atoms with Gasteiger partial charge in [0, 0.05) is 18.9 Å². The van der Waals surface area contributed by atoms with Crippen LogP contribution in [0.5, 0.6) is 0 Å². The predicted molar refractivity (Wildman–Crippen MR) is 56.4 cm³/mol. The van der Waals surface area contributed by atoms with E-state index in [9.17, 15) is 9.59 Å². The number of amides is 1. The zero-order valence-electron chi connectivity index (χ0n) is 9.38. The molecule has 1 rings (SSSR count). The molecule has 86 valence electrons. The van der Waals surface area contributed by atoms with Crippen LogP contribution in [-0.2, 0) is 9.59 Å². The third-order valence-corrected chi connectivity index (χ3v) is 3.34. The lowest BCUT2D eigenvalue weighted by molar-refractivity contribution is -0.137. The van der Waals surface area contributed by atoms with Crippen molar-refractivity contribution in [3.63, 3.8) is 0 Å². The van der Waals surface area contributed by atoms with E-state index in [2.05, 4.69) is 19.2 Å². The molecular weight excluding hydrogens is 194 g/mol. The first-order valence-corrected chi connectivity index (χ1v) is 5.49. The molecule has 0 spiro atoms. The molecule has 0 bridgehead atoms. The normalized spacial score (nSPS) is 28.5. The molecule has 1 aliphatic carbocycles. The molecule has 2 N–H and O–H groups in total. The summed E-state index contributed by atoms with van der Waals surface area (Å²) in [7, 11) is 0. The third-order valence-electron chi connectivity index (χ3n) is 3.34. The first-order valence-electron chi connectivity index (χ1n) is 5.49. The van der Waals surface area contributed by atoms with Gasteiger partial charge >= 0.3 is 5.97 Å². The minimum atomic E-state index is -0.811. The van der Waals surface area contributed by atoms with Gasteiger partial charge in [0.25, 0.3) is 0 Å². The Bertz CT molecular complexity index is 265. The van der Waals surface area contributed by atoms with Gasteiger partial charge < -0.3 is 10.4 Å². The van der Waals surface area contributed by atoms with Crippen molar-refractivity contribution >= 4 is 11.9 Å². The molecule has 4 nitrogen and oxygen atoms in total. The Balaban J connectivity index is 2.13. The zero-order chi connectivity index (χ0) is 11.5. The highest BCUT2D eigenvalue weighted by Crippen LogP contribution is 2.54. The Morgan fingerprint density at radius 2 is 2.20 bits per heavy atom. The minimum Gasteiger partial charge on any atom is -0.481 e. The first kappa shape index (κ1) is 12.0. The van der Waals surface area contributed by atoms with Crippen LogP contribution in [0.4, 0.5) is 0 Å². The average Bonchev–Trinajstić information content (AvgIpc) is 2.86. The molecule has 0 radical (unpaired) electrons. The number of rotatable bonds is 6. The van der Waals surface area contributed by atoms with E-state index in [1.807, 2.05) is 0 Å². The van der Waals surface area contributed by atoms with E-state index >= 15 is 0 Å². The quantitative estimate of drug-likeness (QED) is 0.655. The van der Waals surface area contributed by atoms with Crippen LogP contribution >= 0.6 is 0 Å². The van der Waals surface area contributed by atoms with E-state index in [1.165, 1.54) is 0 Å². The SMILES string of the molecule is CCC1(C)CC1C(=O)NCCCC(=O)O. The van der Waals surface area contributed by atoms with Crippen molar-refractivity contribution in [3.05, 3.63) is 0 Å². The summed E-state index contributed by atoms with van der Waals surface area (Å²) < 4.78 is 0. The molecule has 1 amide bonds. The molecule has 0 aromatic heterocycles. The molecule has 0 aromatic rings. The van der Waals surface area contributed by atoms with E-state index in [4.69, 9.17) is 5.11 Å². The fourth-order valence-corrected chi connectivity index (χ4v) is 1.78. The van der Waals surface area contributed by atoms with Crippen LogP contribution < -0.4 is 5.32 Å². The van der Waals surface area contributed by atoms with Gasteiger partial charge in [-0.1, -0.05) is 13.8 Å². The first-order chi connectivity index (χ1) is 6.99. The van der Waals surface area contributed by atoms with Gasteiger partial charge in [0.1, 0.15) is 0 Å². The number of carbonyl (C=O) groups excluding carboxylic acids is 1. The fourth-order valence-electron chi connectivity index (χ4n) is 1.78. The standard InChI is InChI=1S/C11H19NO3/c1-3-11(2)7-8(11)10(15)12-6-4-5-9(13)14/h8H,3-7H2,1-2H3,(H,12,15)(H,13,14). The number of nitrogens with one attached hydrogen (secondary N) is 1. The lowest BCUT2D eigenvalue weighted by Crippen LogP contribution is -2.28. The van der Waals surface area contributed by atoms with Crippen LogP contribution in [0.2, 0.25) is 0 Å². The molecule has 0 heterocycles. The summed E-state index contributed by atoms with van der Waals surface area (Å²) in [6.07, 6.45) is 2.63. The third kappa shape index (κ3) is 3.22. The van der Waals surface area contributed by atoms with Crippen LogP contribution in [0.25, 0.3) is 0 Å². The van der Waals surface area contributed by atoms with E-state index in [0.29, 0.717) is 13.0 Å². The predicted octanol–water partition coefficient (Wildman–Crippen LogP) is 1.40. The smallest absolute Gasteiger partial charge is 0.303 e. The monoisotopic (exact) mass is 213 g/mol. The topological polar surface area (TPSA) is 66.4 Å². The van der Waals surface area contributed by atoms with Gasteiger partial charge in [0.2, 0.25) is 5.91 Å².